The summed E-state index contributed by atoms with van der Waals surface area (Å²) in [6.07, 6.45) is 11.9. The summed E-state index contributed by atoms with van der Waals surface area (Å²) in [5.74, 6) is 3.28. The number of hydrogen-bond donors (Lipinski definition) is 0. The summed E-state index contributed by atoms with van der Waals surface area (Å²) in [7, 11) is 0. The van der Waals surface area contributed by atoms with Gasteiger partial charge in [-0.1, -0.05) is 146 Å². The van der Waals surface area contributed by atoms with Crippen LogP contribution in [0.5, 0.6) is 0 Å². The minimum atomic E-state index is 0.0934. The van der Waals surface area contributed by atoms with Gasteiger partial charge in [0.2, 0.25) is 0 Å². The van der Waals surface area contributed by atoms with E-state index in [0.29, 0.717) is 0 Å². The number of hydrogen-bond acceptors (Lipinski definition) is 1. The summed E-state index contributed by atoms with van der Waals surface area (Å²) in [6, 6.07) is 50.8. The zero-order valence-corrected chi connectivity index (χ0v) is 39.2. The highest BCUT2D eigenvalue weighted by atomic mass is 15.1. The third-order valence-electron chi connectivity index (χ3n) is 18.4. The smallest absolute Gasteiger partial charge is 0.0546 e. The first-order valence-corrected chi connectivity index (χ1v) is 24.7. The molecule has 0 aliphatic heterocycles. The van der Waals surface area contributed by atoms with Crippen molar-refractivity contribution in [2.24, 2.45) is 23.7 Å². The minimum absolute atomic E-state index is 0.0934. The monoisotopic (exact) mass is 826 g/mol. The first kappa shape index (κ1) is 39.7. The van der Waals surface area contributed by atoms with E-state index in [1.54, 1.807) is 11.1 Å². The summed E-state index contributed by atoms with van der Waals surface area (Å²) >= 11 is 0. The minimum Gasteiger partial charge on any atom is -0.310 e. The van der Waals surface area contributed by atoms with E-state index >= 15 is 0 Å². The molecule has 1 nitrogen and oxygen atoms in total. The summed E-state index contributed by atoms with van der Waals surface area (Å²) < 4.78 is 0. The quantitative estimate of drug-likeness (QED) is 0.167. The largest absolute Gasteiger partial charge is 0.310 e. The van der Waals surface area contributed by atoms with Crippen molar-refractivity contribution < 1.29 is 0 Å². The molecule has 0 aromatic heterocycles. The fourth-order valence-corrected chi connectivity index (χ4v) is 14.9. The third-order valence-corrected chi connectivity index (χ3v) is 18.4. The van der Waals surface area contributed by atoms with Crippen molar-refractivity contribution in [1.82, 2.24) is 0 Å². The number of rotatable bonds is 5. The molecule has 6 aromatic rings. The molecule has 0 amide bonds. The van der Waals surface area contributed by atoms with Crippen LogP contribution in [0.2, 0.25) is 0 Å². The molecule has 0 unspecified atom stereocenters. The van der Waals surface area contributed by atoms with Crippen molar-refractivity contribution in [1.29, 1.82) is 0 Å². The topological polar surface area (TPSA) is 3.24 Å². The van der Waals surface area contributed by atoms with Gasteiger partial charge < -0.3 is 4.90 Å². The van der Waals surface area contributed by atoms with Gasteiger partial charge in [0.15, 0.2) is 0 Å². The maximum atomic E-state index is 2.71. The van der Waals surface area contributed by atoms with Crippen LogP contribution in [-0.4, -0.2) is 0 Å². The molecule has 0 saturated heterocycles. The lowest BCUT2D eigenvalue weighted by atomic mass is 9.43. The summed E-state index contributed by atoms with van der Waals surface area (Å²) in [5.41, 5.74) is 21.9. The SMILES string of the molecule is CC1(C)CCC(C)(C)c2cc(-c3ccc(N(c4ccc5c(c4)C(C)(C)CCC5(C)C)c4cc5c(cc4-c4ccccc4)C4(c6ccccc6-5)C5CC6CC(C5)CC4C6)cc3)ccc21. The molecular weight excluding hydrogens is 759 g/mol. The fourth-order valence-electron chi connectivity index (χ4n) is 14.9. The van der Waals surface area contributed by atoms with Crippen molar-refractivity contribution in [2.45, 2.75) is 140 Å². The van der Waals surface area contributed by atoms with Crippen LogP contribution in [0.3, 0.4) is 0 Å². The normalized spacial score (nSPS) is 27.0. The van der Waals surface area contributed by atoms with Gasteiger partial charge in [-0.15, -0.1) is 0 Å². The molecule has 7 aliphatic rings. The highest BCUT2D eigenvalue weighted by molar-refractivity contribution is 5.95. The highest BCUT2D eigenvalue weighted by Gasteiger charge is 2.61. The Hall–Kier alpha value is -4.88. The van der Waals surface area contributed by atoms with Crippen LogP contribution in [-0.2, 0) is 27.1 Å². The molecule has 63 heavy (non-hydrogen) atoms. The molecule has 4 bridgehead atoms. The molecule has 0 radical (unpaired) electrons. The molecule has 0 N–H and O–H groups in total. The standard InChI is InChI=1S/C62H67N/c1-58(2)26-28-60(5,6)55-35-43(20-24-52(55)58)41-18-21-46(22-19-41)63(47-23-25-53-56(36-47)61(7,8)29-27-59(53,3)4)57-38-50-48-16-12-13-17-51(48)62(44-31-39-30-40(33-44)34-45(62)32-39)54(50)37-49(57)42-14-10-9-11-15-42/h9-25,35-40,44-45H,26-34H2,1-8H3. The van der Waals surface area contributed by atoms with E-state index in [1.807, 2.05) is 0 Å². The van der Waals surface area contributed by atoms with Gasteiger partial charge in [-0.2, -0.15) is 0 Å². The Balaban J connectivity index is 1.08. The lowest BCUT2D eigenvalue weighted by Gasteiger charge is -2.61. The molecule has 320 valence electrons. The second-order valence-electron chi connectivity index (χ2n) is 23.9. The number of fused-ring (bicyclic) bond motifs is 5. The Morgan fingerprint density at radius 3 is 1.52 bits per heavy atom. The van der Waals surface area contributed by atoms with Gasteiger partial charge in [0, 0.05) is 22.4 Å². The van der Waals surface area contributed by atoms with Crippen molar-refractivity contribution in [3.8, 4) is 33.4 Å². The molecule has 4 fully saturated rings. The lowest BCUT2D eigenvalue weighted by molar-refractivity contribution is -0.0399. The van der Waals surface area contributed by atoms with Crippen molar-refractivity contribution in [3.63, 3.8) is 0 Å². The molecule has 4 saturated carbocycles. The Labute approximate surface area is 378 Å². The second kappa shape index (κ2) is 13.6. The van der Waals surface area contributed by atoms with Gasteiger partial charge in [0.1, 0.15) is 0 Å². The van der Waals surface area contributed by atoms with Crippen molar-refractivity contribution >= 4 is 17.1 Å². The Morgan fingerprint density at radius 2 is 0.889 bits per heavy atom. The van der Waals surface area contributed by atoms with Crippen LogP contribution in [0.25, 0.3) is 33.4 Å². The molecule has 6 aromatic carbocycles. The fraction of sp³-hybridized carbons (Fsp3) is 0.419. The van der Waals surface area contributed by atoms with E-state index in [0.717, 1.165) is 23.7 Å². The van der Waals surface area contributed by atoms with E-state index < -0.39 is 0 Å². The van der Waals surface area contributed by atoms with Crippen molar-refractivity contribution in [3.05, 3.63) is 161 Å². The zero-order chi connectivity index (χ0) is 43.3. The van der Waals surface area contributed by atoms with E-state index in [1.165, 1.54) is 130 Å². The summed E-state index contributed by atoms with van der Waals surface area (Å²) in [4.78, 5) is 2.63. The van der Waals surface area contributed by atoms with Crippen LogP contribution in [0.4, 0.5) is 17.1 Å². The van der Waals surface area contributed by atoms with Crippen LogP contribution < -0.4 is 4.90 Å². The van der Waals surface area contributed by atoms with Gasteiger partial charge in [0.05, 0.1) is 5.69 Å². The Kier molecular flexibility index (Phi) is 8.55. The molecule has 1 heteroatoms. The molecular formula is C62H67N. The maximum absolute atomic E-state index is 2.71. The molecule has 0 heterocycles. The van der Waals surface area contributed by atoms with E-state index in [9.17, 15) is 0 Å². The lowest BCUT2D eigenvalue weighted by Crippen LogP contribution is -2.55. The first-order valence-electron chi connectivity index (χ1n) is 24.7. The number of anilines is 3. The van der Waals surface area contributed by atoms with E-state index in [4.69, 9.17) is 0 Å². The molecule has 1 spiro atoms. The Morgan fingerprint density at radius 1 is 0.365 bits per heavy atom. The average molecular weight is 826 g/mol. The molecule has 0 atom stereocenters. The first-order chi connectivity index (χ1) is 30.1. The molecule has 7 aliphatic carbocycles. The van der Waals surface area contributed by atoms with Gasteiger partial charge in [-0.3, -0.25) is 0 Å². The summed E-state index contributed by atoms with van der Waals surface area (Å²) in [5, 5.41) is 0. The Bertz CT molecular complexity index is 2770. The van der Waals surface area contributed by atoms with Gasteiger partial charge in [-0.05, 0) is 201 Å². The van der Waals surface area contributed by atoms with Gasteiger partial charge in [0.25, 0.3) is 0 Å². The van der Waals surface area contributed by atoms with Gasteiger partial charge >= 0.3 is 0 Å². The highest BCUT2D eigenvalue weighted by Crippen LogP contribution is 2.70. The van der Waals surface area contributed by atoms with Gasteiger partial charge in [-0.25, -0.2) is 0 Å². The summed E-state index contributed by atoms with van der Waals surface area (Å²) in [6.45, 7) is 19.6. The number of nitrogens with zero attached hydrogens (tertiary/aromatic N) is 1. The molecule has 13 rings (SSSR count). The van der Waals surface area contributed by atoms with Crippen molar-refractivity contribution in [2.75, 3.05) is 4.90 Å². The zero-order valence-electron chi connectivity index (χ0n) is 39.2. The number of benzene rings is 6. The predicted molar refractivity (Wildman–Crippen MR) is 266 cm³/mol. The third kappa shape index (κ3) is 5.86. The van der Waals surface area contributed by atoms with Crippen LogP contribution in [0.15, 0.2) is 127 Å². The van der Waals surface area contributed by atoms with Crippen LogP contribution in [0.1, 0.15) is 147 Å². The van der Waals surface area contributed by atoms with E-state index in [-0.39, 0.29) is 27.1 Å². The van der Waals surface area contributed by atoms with Crippen LogP contribution >= 0.6 is 0 Å². The van der Waals surface area contributed by atoms with Crippen LogP contribution in [0, 0.1) is 23.7 Å². The van der Waals surface area contributed by atoms with E-state index in [2.05, 4.69) is 188 Å². The average Bonchev–Trinajstić information content (AvgIpc) is 3.56. The second-order valence-corrected chi connectivity index (χ2v) is 23.9. The maximum Gasteiger partial charge on any atom is 0.0546 e. The predicted octanol–water partition coefficient (Wildman–Crippen LogP) is 16.9.